The second kappa shape index (κ2) is 8.12. The van der Waals surface area contributed by atoms with Gasteiger partial charge in [-0.1, -0.05) is 47.5 Å². The number of halogens is 3. The van der Waals surface area contributed by atoms with E-state index in [-0.39, 0.29) is 5.82 Å². The number of rotatable bonds is 4. The molecule has 7 heteroatoms. The van der Waals surface area contributed by atoms with Crippen LogP contribution >= 0.6 is 23.2 Å². The third-order valence-electron chi connectivity index (χ3n) is 4.48. The van der Waals surface area contributed by atoms with Gasteiger partial charge in [-0.25, -0.2) is 4.39 Å². The molecule has 0 bridgehead atoms. The summed E-state index contributed by atoms with van der Waals surface area (Å²) in [5, 5.41) is 10.5. The Hall–Kier alpha value is -3.07. The molecule has 1 heterocycles. The zero-order chi connectivity index (χ0) is 20.4. The Labute approximate surface area is 177 Å². The van der Waals surface area contributed by atoms with E-state index in [2.05, 4.69) is 11.1 Å². The molecule has 1 aromatic heterocycles. The molecule has 0 aliphatic heterocycles. The molecule has 0 unspecified atom stereocenters. The van der Waals surface area contributed by atoms with E-state index >= 15 is 0 Å². The van der Waals surface area contributed by atoms with Crippen molar-refractivity contribution in [3.63, 3.8) is 0 Å². The van der Waals surface area contributed by atoms with Crippen LogP contribution < -0.4 is 15.6 Å². The monoisotopic (exact) mass is 420 g/mol. The molecule has 29 heavy (non-hydrogen) atoms. The number of hydrogen-bond donors (Lipinski definition) is 0. The van der Waals surface area contributed by atoms with Crippen molar-refractivity contribution in [3.05, 3.63) is 94.4 Å². The molecule has 0 radical (unpaired) electrons. The molecule has 0 atom stereocenters. The maximum Gasteiger partial charge on any atom is 0.426 e. The van der Waals surface area contributed by atoms with E-state index in [4.69, 9.17) is 33.1 Å². The molecule has 0 saturated carbocycles. The molecule has 0 amide bonds. The van der Waals surface area contributed by atoms with Gasteiger partial charge in [0, 0.05) is 11.6 Å². The van der Waals surface area contributed by atoms with Gasteiger partial charge in [0.1, 0.15) is 17.1 Å². The zero-order valence-corrected chi connectivity index (χ0v) is 16.5. The predicted molar refractivity (Wildman–Crippen MR) is 115 cm³/mol. The van der Waals surface area contributed by atoms with Crippen molar-refractivity contribution >= 4 is 51.9 Å². The van der Waals surface area contributed by atoms with Crippen molar-refractivity contribution in [2.24, 2.45) is 0 Å². The summed E-state index contributed by atoms with van der Waals surface area (Å²) in [4.78, 5) is 4.38. The van der Waals surface area contributed by atoms with Crippen molar-refractivity contribution in [2.75, 3.05) is 0 Å². The first-order chi connectivity index (χ1) is 14.1. The van der Waals surface area contributed by atoms with Crippen LogP contribution in [0.3, 0.4) is 0 Å². The lowest BCUT2D eigenvalue weighted by atomic mass is 9.55. The van der Waals surface area contributed by atoms with Gasteiger partial charge in [0.15, 0.2) is 0 Å². The molecule has 0 N–H and O–H groups in total. The number of fused-ring (bicyclic) bond motifs is 1. The summed E-state index contributed by atoms with van der Waals surface area (Å²) >= 11 is 12.7. The topological polar surface area (TPSA) is 45.9 Å². The van der Waals surface area contributed by atoms with E-state index in [0.29, 0.717) is 37.7 Å². The quantitative estimate of drug-likeness (QED) is 0.448. The van der Waals surface area contributed by atoms with Gasteiger partial charge in [-0.15, -0.1) is 0 Å². The molecule has 0 aliphatic carbocycles. The normalized spacial score (nSPS) is 10.6. The molecule has 0 saturated heterocycles. The Balaban J connectivity index is 1.87. The average molecular weight is 421 g/mol. The molecule has 0 spiro atoms. The van der Waals surface area contributed by atoms with Gasteiger partial charge in [0.25, 0.3) is 0 Å². The van der Waals surface area contributed by atoms with Gasteiger partial charge >= 0.3 is 6.92 Å². The van der Waals surface area contributed by atoms with Crippen LogP contribution in [0.15, 0.2) is 72.9 Å². The third kappa shape index (κ3) is 3.91. The maximum absolute atomic E-state index is 13.9. The SMILES string of the molecule is N#Cc1ccc(B(Oc2c(Cl)cc(Cl)c3cccnc23)c2cccc(F)c2)cc1. The Morgan fingerprint density at radius 2 is 1.72 bits per heavy atom. The van der Waals surface area contributed by atoms with Crippen molar-refractivity contribution in [1.29, 1.82) is 5.26 Å². The Morgan fingerprint density at radius 1 is 0.931 bits per heavy atom. The lowest BCUT2D eigenvalue weighted by Crippen LogP contribution is -2.47. The zero-order valence-electron chi connectivity index (χ0n) is 14.9. The van der Waals surface area contributed by atoms with Crippen LogP contribution in [0.5, 0.6) is 5.75 Å². The Kier molecular flexibility index (Phi) is 5.39. The molecule has 3 nitrogen and oxygen atoms in total. The van der Waals surface area contributed by atoms with E-state index in [0.717, 1.165) is 5.46 Å². The van der Waals surface area contributed by atoms with Crippen LogP contribution in [0.2, 0.25) is 10.0 Å². The van der Waals surface area contributed by atoms with E-state index in [9.17, 15) is 4.39 Å². The van der Waals surface area contributed by atoms with Crippen molar-refractivity contribution in [2.45, 2.75) is 0 Å². The summed E-state index contributed by atoms with van der Waals surface area (Å²) in [5.74, 6) is -0.0276. The van der Waals surface area contributed by atoms with Crippen molar-refractivity contribution < 1.29 is 9.04 Å². The summed E-state index contributed by atoms with van der Waals surface area (Å²) in [5.41, 5.74) is 2.37. The fourth-order valence-electron chi connectivity index (χ4n) is 3.11. The van der Waals surface area contributed by atoms with E-state index in [1.165, 1.54) is 12.1 Å². The van der Waals surface area contributed by atoms with Crippen molar-refractivity contribution in [1.82, 2.24) is 4.98 Å². The summed E-state index contributed by atoms with van der Waals surface area (Å²) in [6.07, 6.45) is 1.63. The largest absolute Gasteiger partial charge is 0.549 e. The lowest BCUT2D eigenvalue weighted by molar-refractivity contribution is 0.595. The number of aromatic nitrogens is 1. The number of benzene rings is 3. The van der Waals surface area contributed by atoms with Gasteiger partial charge in [0.05, 0.1) is 21.7 Å². The second-order valence-corrected chi connectivity index (χ2v) is 7.17. The van der Waals surface area contributed by atoms with Gasteiger partial charge in [-0.3, -0.25) is 4.98 Å². The van der Waals surface area contributed by atoms with Gasteiger partial charge in [0.2, 0.25) is 0 Å². The first-order valence-corrected chi connectivity index (χ1v) is 9.47. The molecule has 4 aromatic rings. The maximum atomic E-state index is 13.9. The molecular formula is C22H12BCl2FN2O. The first-order valence-electron chi connectivity index (χ1n) is 8.71. The molecule has 0 aliphatic rings. The van der Waals surface area contributed by atoms with E-state index < -0.39 is 6.92 Å². The first kappa shape index (κ1) is 19.3. The lowest BCUT2D eigenvalue weighted by Gasteiger charge is -2.19. The minimum absolute atomic E-state index is 0.302. The molecule has 0 fully saturated rings. The van der Waals surface area contributed by atoms with Gasteiger partial charge in [-0.2, -0.15) is 5.26 Å². The van der Waals surface area contributed by atoms with Crippen LogP contribution in [0, 0.1) is 17.1 Å². The van der Waals surface area contributed by atoms with Crippen LogP contribution in [-0.2, 0) is 0 Å². The molecule has 140 valence electrons. The number of hydrogen-bond acceptors (Lipinski definition) is 3. The predicted octanol–water partition coefficient (Wildman–Crippen LogP) is 4.74. The summed E-state index contributed by atoms with van der Waals surface area (Å²) in [6, 6.07) is 20.4. The average Bonchev–Trinajstić information content (AvgIpc) is 2.74. The Morgan fingerprint density at radius 3 is 2.45 bits per heavy atom. The fraction of sp³-hybridized carbons (Fsp3) is 0. The summed E-state index contributed by atoms with van der Waals surface area (Å²) < 4.78 is 20.2. The van der Waals surface area contributed by atoms with E-state index in [1.54, 1.807) is 54.7 Å². The van der Waals surface area contributed by atoms with Gasteiger partial charge in [-0.05, 0) is 53.4 Å². The highest BCUT2D eigenvalue weighted by molar-refractivity contribution is 6.80. The Bertz CT molecular complexity index is 1240. The van der Waals surface area contributed by atoms with Crippen molar-refractivity contribution in [3.8, 4) is 11.8 Å². The minimum Gasteiger partial charge on any atom is -0.549 e. The van der Waals surface area contributed by atoms with Crippen LogP contribution in [-0.4, -0.2) is 11.9 Å². The summed E-state index contributed by atoms with van der Waals surface area (Å²) in [7, 11) is 0. The second-order valence-electron chi connectivity index (χ2n) is 6.36. The van der Waals surface area contributed by atoms with Gasteiger partial charge < -0.3 is 4.65 Å². The highest BCUT2D eigenvalue weighted by Gasteiger charge is 2.27. The molecule has 3 aromatic carbocycles. The fourth-order valence-corrected chi connectivity index (χ4v) is 3.67. The standard InChI is InChI=1S/C22H12BCl2FN2O/c24-19-12-20(25)22(21-18(19)5-2-10-28-21)29-23(16-3-1-4-17(26)11-16)15-8-6-14(13-27)7-9-15/h1-12H. The third-order valence-corrected chi connectivity index (χ3v) is 5.07. The van der Waals surface area contributed by atoms with Crippen LogP contribution in [0.1, 0.15) is 5.56 Å². The number of nitriles is 1. The summed E-state index contributed by atoms with van der Waals surface area (Å²) in [6.45, 7) is -0.665. The van der Waals surface area contributed by atoms with Crippen LogP contribution in [0.25, 0.3) is 10.9 Å². The number of pyridine rings is 1. The highest BCUT2D eigenvalue weighted by atomic mass is 35.5. The van der Waals surface area contributed by atoms with Crippen LogP contribution in [0.4, 0.5) is 4.39 Å². The number of nitrogens with zero attached hydrogens (tertiary/aromatic N) is 2. The molecule has 4 rings (SSSR count). The molecular weight excluding hydrogens is 409 g/mol. The smallest absolute Gasteiger partial charge is 0.426 e. The van der Waals surface area contributed by atoms with E-state index in [1.807, 2.05) is 6.07 Å². The highest BCUT2D eigenvalue weighted by Crippen LogP contribution is 2.37. The minimum atomic E-state index is -0.665.